The summed E-state index contributed by atoms with van der Waals surface area (Å²) in [7, 11) is 1.64. The highest BCUT2D eigenvalue weighted by atomic mass is 19.4. The SMILES string of the molecule is COc1ccc2[nH]cc(C3=CCN(CC(=O)N[C@H](Cc4c[nH]c5ccccc45)CN(Cc4ccccc4C(F)(F)F)C(C)=O)CC3)c2c1. The second kappa shape index (κ2) is 14.0. The van der Waals surface area contributed by atoms with Crippen molar-refractivity contribution in [1.29, 1.82) is 0 Å². The molecule has 3 heterocycles. The van der Waals surface area contributed by atoms with E-state index >= 15 is 0 Å². The Morgan fingerprint density at radius 3 is 2.48 bits per heavy atom. The highest BCUT2D eigenvalue weighted by Gasteiger charge is 2.34. The number of halogens is 3. The number of hydrogen-bond acceptors (Lipinski definition) is 4. The molecule has 1 atom stereocenters. The molecule has 0 radical (unpaired) electrons. The minimum Gasteiger partial charge on any atom is -0.497 e. The molecule has 1 aliphatic rings. The zero-order valence-corrected chi connectivity index (χ0v) is 26.9. The molecule has 6 rings (SSSR count). The van der Waals surface area contributed by atoms with Gasteiger partial charge in [0, 0.05) is 72.9 Å². The lowest BCUT2D eigenvalue weighted by Gasteiger charge is -2.30. The zero-order valence-electron chi connectivity index (χ0n) is 26.9. The maximum Gasteiger partial charge on any atom is 0.416 e. The first kappa shape index (κ1) is 32.9. The van der Waals surface area contributed by atoms with Crippen LogP contribution in [0.5, 0.6) is 5.75 Å². The van der Waals surface area contributed by atoms with Crippen LogP contribution >= 0.6 is 0 Å². The summed E-state index contributed by atoms with van der Waals surface area (Å²) in [6, 6.07) is 18.4. The number of amides is 2. The van der Waals surface area contributed by atoms with Crippen molar-refractivity contribution in [3.05, 3.63) is 107 Å². The third-order valence-corrected chi connectivity index (χ3v) is 8.97. The van der Waals surface area contributed by atoms with E-state index in [1.807, 2.05) is 54.9 Å². The zero-order chi connectivity index (χ0) is 33.8. The Morgan fingerprint density at radius 2 is 1.73 bits per heavy atom. The van der Waals surface area contributed by atoms with Crippen molar-refractivity contribution in [3.63, 3.8) is 0 Å². The molecule has 0 fully saturated rings. The molecule has 0 saturated heterocycles. The number of fused-ring (bicyclic) bond motifs is 2. The number of methoxy groups -OCH3 is 1. The molecule has 2 amide bonds. The summed E-state index contributed by atoms with van der Waals surface area (Å²) in [4.78, 5) is 36.3. The van der Waals surface area contributed by atoms with Crippen molar-refractivity contribution in [2.24, 2.45) is 0 Å². The predicted octanol–water partition coefficient (Wildman–Crippen LogP) is 6.54. The van der Waals surface area contributed by atoms with E-state index in [1.165, 1.54) is 35.6 Å². The van der Waals surface area contributed by atoms with Crippen LogP contribution in [0.2, 0.25) is 0 Å². The van der Waals surface area contributed by atoms with Gasteiger partial charge in [-0.3, -0.25) is 14.5 Å². The summed E-state index contributed by atoms with van der Waals surface area (Å²) in [6.45, 7) is 2.55. The van der Waals surface area contributed by atoms with E-state index in [-0.39, 0.29) is 37.0 Å². The third-order valence-electron chi connectivity index (χ3n) is 8.97. The van der Waals surface area contributed by atoms with Crippen molar-refractivity contribution in [1.82, 2.24) is 25.1 Å². The number of para-hydroxylation sites is 1. The van der Waals surface area contributed by atoms with E-state index in [9.17, 15) is 22.8 Å². The summed E-state index contributed by atoms with van der Waals surface area (Å²) in [5.41, 5.74) is 4.43. The van der Waals surface area contributed by atoms with Crippen molar-refractivity contribution in [3.8, 4) is 5.75 Å². The maximum absolute atomic E-state index is 13.8. The lowest BCUT2D eigenvalue weighted by Crippen LogP contribution is -2.49. The Hall–Kier alpha value is -5.03. The predicted molar refractivity (Wildman–Crippen MR) is 180 cm³/mol. The number of nitrogens with one attached hydrogen (secondary N) is 3. The Balaban J connectivity index is 1.17. The number of alkyl halides is 3. The molecular weight excluding hydrogens is 619 g/mol. The first-order valence-electron chi connectivity index (χ1n) is 15.9. The van der Waals surface area contributed by atoms with E-state index in [0.717, 1.165) is 51.2 Å². The number of H-pyrrole nitrogens is 2. The second-order valence-corrected chi connectivity index (χ2v) is 12.2. The lowest BCUT2D eigenvalue weighted by atomic mass is 9.98. The van der Waals surface area contributed by atoms with Crippen LogP contribution in [-0.4, -0.2) is 70.9 Å². The molecule has 0 spiro atoms. The fraction of sp³-hybridized carbons (Fsp3) is 0.297. The molecule has 3 N–H and O–H groups in total. The maximum atomic E-state index is 13.8. The Morgan fingerprint density at radius 1 is 0.979 bits per heavy atom. The van der Waals surface area contributed by atoms with Gasteiger partial charge in [0.15, 0.2) is 0 Å². The molecule has 2 aromatic heterocycles. The monoisotopic (exact) mass is 657 g/mol. The molecule has 5 aromatic rings. The van der Waals surface area contributed by atoms with Gasteiger partial charge in [-0.05, 0) is 59.9 Å². The normalized spacial score (nSPS) is 14.6. The number of aromatic amines is 2. The lowest BCUT2D eigenvalue weighted by molar-refractivity contribution is -0.139. The summed E-state index contributed by atoms with van der Waals surface area (Å²) in [5, 5.41) is 5.18. The Labute approximate surface area is 276 Å². The molecule has 48 heavy (non-hydrogen) atoms. The average molecular weight is 658 g/mol. The van der Waals surface area contributed by atoms with Crippen molar-refractivity contribution in [2.45, 2.75) is 38.5 Å². The van der Waals surface area contributed by atoms with Gasteiger partial charge >= 0.3 is 6.18 Å². The van der Waals surface area contributed by atoms with Gasteiger partial charge in [0.1, 0.15) is 5.75 Å². The molecule has 0 aliphatic carbocycles. The van der Waals surface area contributed by atoms with Crippen LogP contribution in [0.4, 0.5) is 13.2 Å². The molecular formula is C37H38F3N5O3. The van der Waals surface area contributed by atoms with E-state index in [4.69, 9.17) is 4.74 Å². The van der Waals surface area contributed by atoms with Gasteiger partial charge in [-0.2, -0.15) is 13.2 Å². The molecule has 8 nitrogen and oxygen atoms in total. The van der Waals surface area contributed by atoms with Gasteiger partial charge in [-0.15, -0.1) is 0 Å². The largest absolute Gasteiger partial charge is 0.497 e. The van der Waals surface area contributed by atoms with Crippen molar-refractivity contribution in [2.75, 3.05) is 33.3 Å². The number of carbonyl (C=O) groups is 2. The van der Waals surface area contributed by atoms with Gasteiger partial charge in [0.05, 0.1) is 25.3 Å². The van der Waals surface area contributed by atoms with Crippen molar-refractivity contribution < 1.29 is 27.5 Å². The van der Waals surface area contributed by atoms with Crippen LogP contribution in [0, 0.1) is 0 Å². The molecule has 3 aromatic carbocycles. The smallest absolute Gasteiger partial charge is 0.416 e. The van der Waals surface area contributed by atoms with Gasteiger partial charge < -0.3 is 24.9 Å². The summed E-state index contributed by atoms with van der Waals surface area (Å²) in [5.74, 6) is 0.189. The average Bonchev–Trinajstić information content (AvgIpc) is 3.68. The summed E-state index contributed by atoms with van der Waals surface area (Å²) >= 11 is 0. The molecule has 1 aliphatic heterocycles. The number of rotatable bonds is 11. The molecule has 0 unspecified atom stereocenters. The van der Waals surface area contributed by atoms with E-state index in [0.29, 0.717) is 19.5 Å². The quantitative estimate of drug-likeness (QED) is 0.150. The summed E-state index contributed by atoms with van der Waals surface area (Å²) in [6.07, 6.45) is 2.60. The fourth-order valence-corrected chi connectivity index (χ4v) is 6.51. The number of aromatic nitrogens is 2. The number of ether oxygens (including phenoxy) is 1. The first-order chi connectivity index (χ1) is 23.1. The topological polar surface area (TPSA) is 93.5 Å². The third kappa shape index (κ3) is 7.41. The van der Waals surface area contributed by atoms with Gasteiger partial charge in [-0.25, -0.2) is 0 Å². The van der Waals surface area contributed by atoms with Crippen LogP contribution in [0.3, 0.4) is 0 Å². The van der Waals surface area contributed by atoms with Gasteiger partial charge in [0.2, 0.25) is 11.8 Å². The van der Waals surface area contributed by atoms with Crippen LogP contribution in [-0.2, 0) is 28.7 Å². The van der Waals surface area contributed by atoms with E-state index in [1.54, 1.807) is 7.11 Å². The number of hydrogen-bond donors (Lipinski definition) is 3. The highest BCUT2D eigenvalue weighted by molar-refractivity contribution is 5.93. The summed E-state index contributed by atoms with van der Waals surface area (Å²) < 4.78 is 46.8. The number of benzene rings is 3. The minimum atomic E-state index is -4.56. The van der Waals surface area contributed by atoms with Crippen LogP contribution in [0.1, 0.15) is 35.6 Å². The minimum absolute atomic E-state index is 0.00178. The molecule has 11 heteroatoms. The number of nitrogens with zero attached hydrogens (tertiary/aromatic N) is 2. The Kier molecular flexibility index (Phi) is 9.58. The standard InChI is InChI=1S/C37H38F3N5O3/c1-24(46)45(21-26-7-3-5-9-33(26)37(38,39)40)22-28(17-27-19-41-34-10-6-4-8-30(27)34)43-36(47)23-44-15-13-25(14-16-44)32-20-42-35-12-11-29(48-2)18-31(32)35/h3-13,18-20,28,41-42H,14-17,21-23H2,1-2H3,(H,43,47)/t28-/m1/s1. The van der Waals surface area contributed by atoms with Crippen LogP contribution < -0.4 is 10.1 Å². The first-order valence-corrected chi connectivity index (χ1v) is 15.9. The molecule has 0 bridgehead atoms. The van der Waals surface area contributed by atoms with Gasteiger partial charge in [-0.1, -0.05) is 42.5 Å². The van der Waals surface area contributed by atoms with Crippen LogP contribution in [0.15, 0.2) is 85.2 Å². The van der Waals surface area contributed by atoms with Crippen molar-refractivity contribution >= 4 is 39.2 Å². The molecule has 0 saturated carbocycles. The van der Waals surface area contributed by atoms with E-state index < -0.39 is 17.8 Å². The van der Waals surface area contributed by atoms with Gasteiger partial charge in [0.25, 0.3) is 0 Å². The Bertz CT molecular complexity index is 1960. The number of carbonyl (C=O) groups excluding carboxylic acids is 2. The molecule has 250 valence electrons. The van der Waals surface area contributed by atoms with Crippen LogP contribution in [0.25, 0.3) is 27.4 Å². The second-order valence-electron chi connectivity index (χ2n) is 12.2. The highest BCUT2D eigenvalue weighted by Crippen LogP contribution is 2.33. The fourth-order valence-electron chi connectivity index (χ4n) is 6.51. The van der Waals surface area contributed by atoms with E-state index in [2.05, 4.69) is 26.3 Å².